The molecule has 0 bridgehead atoms. The van der Waals surface area contributed by atoms with E-state index in [0.29, 0.717) is 11.3 Å². The Bertz CT molecular complexity index is 903. The molecule has 2 heterocycles. The molecule has 0 saturated carbocycles. The lowest BCUT2D eigenvalue weighted by atomic mass is 10.0. The molecule has 2 amide bonds. The number of carbonyl (C=O) groups is 2. The molecule has 0 unspecified atom stereocenters. The van der Waals surface area contributed by atoms with Gasteiger partial charge in [-0.1, -0.05) is 12.1 Å². The fourth-order valence-electron chi connectivity index (χ4n) is 3.87. The number of aromatic nitrogens is 1. The Morgan fingerprint density at radius 1 is 1.16 bits per heavy atom. The average molecular weight is 439 g/mol. The monoisotopic (exact) mass is 438 g/mol. The van der Waals surface area contributed by atoms with E-state index in [-0.39, 0.29) is 11.9 Å². The van der Waals surface area contributed by atoms with E-state index in [4.69, 9.17) is 4.74 Å². The third-order valence-electron chi connectivity index (χ3n) is 5.59. The van der Waals surface area contributed by atoms with Gasteiger partial charge in [0.05, 0.1) is 0 Å². The highest BCUT2D eigenvalue weighted by molar-refractivity contribution is 5.96. The SMILES string of the molecule is CN(C(=O)c1cccc(NC(=O)OC(C)(C)C)c1)C1CCN(CCc2ccccn2)CC1. The molecule has 0 radical (unpaired) electrons. The van der Waals surface area contributed by atoms with Crippen molar-refractivity contribution in [3.05, 3.63) is 59.9 Å². The second-order valence-electron chi connectivity index (χ2n) is 9.27. The van der Waals surface area contributed by atoms with Gasteiger partial charge in [0.1, 0.15) is 5.60 Å². The largest absolute Gasteiger partial charge is 0.444 e. The first kappa shape index (κ1) is 23.7. The molecule has 172 valence electrons. The average Bonchev–Trinajstić information content (AvgIpc) is 2.76. The number of carbonyl (C=O) groups excluding carboxylic acids is 2. The Kier molecular flexibility index (Phi) is 7.85. The van der Waals surface area contributed by atoms with Crippen LogP contribution in [0.2, 0.25) is 0 Å². The molecule has 1 N–H and O–H groups in total. The predicted molar refractivity (Wildman–Crippen MR) is 126 cm³/mol. The van der Waals surface area contributed by atoms with Gasteiger partial charge >= 0.3 is 6.09 Å². The van der Waals surface area contributed by atoms with Crippen molar-refractivity contribution in [1.29, 1.82) is 0 Å². The molecular formula is C25H34N4O3. The molecule has 3 rings (SSSR count). The molecule has 32 heavy (non-hydrogen) atoms. The second kappa shape index (κ2) is 10.6. The normalized spacial score (nSPS) is 15.2. The maximum Gasteiger partial charge on any atom is 0.412 e. The van der Waals surface area contributed by atoms with Gasteiger partial charge in [0.15, 0.2) is 0 Å². The predicted octanol–water partition coefficient (Wildman–Crippen LogP) is 4.21. The van der Waals surface area contributed by atoms with Crippen LogP contribution in [0, 0.1) is 0 Å². The van der Waals surface area contributed by atoms with Crippen LogP contribution in [0.3, 0.4) is 0 Å². The second-order valence-corrected chi connectivity index (χ2v) is 9.27. The van der Waals surface area contributed by atoms with Gasteiger partial charge < -0.3 is 14.5 Å². The van der Waals surface area contributed by atoms with Crippen LogP contribution < -0.4 is 5.32 Å². The summed E-state index contributed by atoms with van der Waals surface area (Å²) in [4.78, 5) is 33.8. The van der Waals surface area contributed by atoms with Gasteiger partial charge in [0, 0.05) is 62.3 Å². The van der Waals surface area contributed by atoms with Gasteiger partial charge in [-0.2, -0.15) is 0 Å². The summed E-state index contributed by atoms with van der Waals surface area (Å²) >= 11 is 0. The first-order chi connectivity index (χ1) is 15.2. The van der Waals surface area contributed by atoms with Crippen molar-refractivity contribution < 1.29 is 14.3 Å². The molecule has 1 aromatic carbocycles. The van der Waals surface area contributed by atoms with Gasteiger partial charge in [-0.3, -0.25) is 15.1 Å². The molecule has 1 saturated heterocycles. The van der Waals surface area contributed by atoms with Crippen LogP contribution in [-0.2, 0) is 11.2 Å². The summed E-state index contributed by atoms with van der Waals surface area (Å²) in [5.41, 5.74) is 1.63. The van der Waals surface area contributed by atoms with E-state index >= 15 is 0 Å². The van der Waals surface area contributed by atoms with E-state index in [1.165, 1.54) is 0 Å². The van der Waals surface area contributed by atoms with Crippen molar-refractivity contribution in [3.8, 4) is 0 Å². The maximum atomic E-state index is 13.1. The highest BCUT2D eigenvalue weighted by Crippen LogP contribution is 2.20. The molecule has 1 aliphatic heterocycles. The summed E-state index contributed by atoms with van der Waals surface area (Å²) in [5.74, 6) is -0.0372. The molecule has 0 aliphatic carbocycles. The zero-order chi connectivity index (χ0) is 23.1. The molecule has 1 fully saturated rings. The molecule has 1 aliphatic rings. The van der Waals surface area contributed by atoms with Crippen molar-refractivity contribution in [2.45, 2.75) is 51.7 Å². The topological polar surface area (TPSA) is 74.8 Å². The number of benzene rings is 1. The van der Waals surface area contributed by atoms with Crippen molar-refractivity contribution in [1.82, 2.24) is 14.8 Å². The minimum atomic E-state index is -0.579. The Morgan fingerprint density at radius 3 is 2.56 bits per heavy atom. The van der Waals surface area contributed by atoms with Crippen LogP contribution >= 0.6 is 0 Å². The fourth-order valence-corrected chi connectivity index (χ4v) is 3.87. The number of hydrogen-bond donors (Lipinski definition) is 1. The van der Waals surface area contributed by atoms with E-state index in [9.17, 15) is 9.59 Å². The number of ether oxygens (including phenoxy) is 1. The standard InChI is InChI=1S/C25H34N4O3/c1-25(2,3)32-24(31)27-21-10-7-8-19(18-21)23(30)28(4)22-12-16-29(17-13-22)15-11-20-9-5-6-14-26-20/h5-10,14,18,22H,11-13,15-17H2,1-4H3,(H,27,31). The smallest absolute Gasteiger partial charge is 0.412 e. The van der Waals surface area contributed by atoms with Gasteiger partial charge in [-0.05, 0) is 63.9 Å². The molecule has 7 heteroatoms. The lowest BCUT2D eigenvalue weighted by Crippen LogP contribution is -2.46. The van der Waals surface area contributed by atoms with Crippen LogP contribution in [0.15, 0.2) is 48.7 Å². The van der Waals surface area contributed by atoms with E-state index < -0.39 is 11.7 Å². The van der Waals surface area contributed by atoms with Crippen LogP contribution in [0.1, 0.15) is 49.7 Å². The number of pyridine rings is 1. The third-order valence-corrected chi connectivity index (χ3v) is 5.59. The van der Waals surface area contributed by atoms with Crippen LogP contribution in [0.4, 0.5) is 10.5 Å². The summed E-state index contributed by atoms with van der Waals surface area (Å²) in [5, 5.41) is 2.70. The minimum Gasteiger partial charge on any atom is -0.444 e. The minimum absolute atomic E-state index is 0.0372. The zero-order valence-corrected chi connectivity index (χ0v) is 19.5. The first-order valence-electron chi connectivity index (χ1n) is 11.2. The third kappa shape index (κ3) is 7.05. The molecule has 7 nitrogen and oxygen atoms in total. The van der Waals surface area contributed by atoms with E-state index in [2.05, 4.69) is 21.3 Å². The van der Waals surface area contributed by atoms with Crippen molar-refractivity contribution in [2.75, 3.05) is 32.0 Å². The molecule has 0 atom stereocenters. The number of amides is 2. The summed E-state index contributed by atoms with van der Waals surface area (Å²) in [6.07, 6.45) is 4.13. The summed E-state index contributed by atoms with van der Waals surface area (Å²) in [7, 11) is 1.87. The van der Waals surface area contributed by atoms with Crippen molar-refractivity contribution in [2.24, 2.45) is 0 Å². The number of likely N-dealkylation sites (tertiary alicyclic amines) is 1. The number of rotatable bonds is 6. The van der Waals surface area contributed by atoms with Gasteiger partial charge in [0.25, 0.3) is 5.91 Å². The van der Waals surface area contributed by atoms with Crippen molar-refractivity contribution in [3.63, 3.8) is 0 Å². The highest BCUT2D eigenvalue weighted by atomic mass is 16.6. The lowest BCUT2D eigenvalue weighted by Gasteiger charge is -2.36. The number of anilines is 1. The summed E-state index contributed by atoms with van der Waals surface area (Å²) in [6, 6.07) is 13.2. The van der Waals surface area contributed by atoms with E-state index in [0.717, 1.165) is 44.6 Å². The quantitative estimate of drug-likeness (QED) is 0.731. The molecule has 1 aromatic heterocycles. The van der Waals surface area contributed by atoms with Gasteiger partial charge in [-0.25, -0.2) is 4.79 Å². The number of nitrogens with zero attached hydrogens (tertiary/aromatic N) is 3. The van der Waals surface area contributed by atoms with Crippen molar-refractivity contribution >= 4 is 17.7 Å². The summed E-state index contributed by atoms with van der Waals surface area (Å²) in [6.45, 7) is 8.35. The highest BCUT2D eigenvalue weighted by Gasteiger charge is 2.26. The zero-order valence-electron chi connectivity index (χ0n) is 19.5. The van der Waals surface area contributed by atoms with E-state index in [1.807, 2.05) is 51.0 Å². The molecular weight excluding hydrogens is 404 g/mol. The number of nitrogens with one attached hydrogen (secondary N) is 1. The Balaban J connectivity index is 1.51. The Labute approximate surface area is 190 Å². The molecule has 0 spiro atoms. The Hall–Kier alpha value is -2.93. The van der Waals surface area contributed by atoms with Gasteiger partial charge in [-0.15, -0.1) is 0 Å². The Morgan fingerprint density at radius 2 is 1.91 bits per heavy atom. The number of piperidine rings is 1. The van der Waals surface area contributed by atoms with Gasteiger partial charge in [0.2, 0.25) is 0 Å². The van der Waals surface area contributed by atoms with Crippen LogP contribution in [0.5, 0.6) is 0 Å². The lowest BCUT2D eigenvalue weighted by molar-refractivity contribution is 0.0627. The molecule has 2 aromatic rings. The van der Waals surface area contributed by atoms with Crippen LogP contribution in [-0.4, -0.2) is 65.1 Å². The van der Waals surface area contributed by atoms with Crippen LogP contribution in [0.25, 0.3) is 0 Å². The first-order valence-corrected chi connectivity index (χ1v) is 11.2. The number of hydrogen-bond acceptors (Lipinski definition) is 5. The maximum absolute atomic E-state index is 13.1. The van der Waals surface area contributed by atoms with E-state index in [1.54, 1.807) is 24.3 Å². The fraction of sp³-hybridized carbons (Fsp3) is 0.480. The summed E-state index contributed by atoms with van der Waals surface area (Å²) < 4.78 is 5.29.